The number of amides is 1. The van der Waals surface area contributed by atoms with Crippen molar-refractivity contribution in [1.82, 2.24) is 10.3 Å². The molecule has 0 radical (unpaired) electrons. The van der Waals surface area contributed by atoms with E-state index in [1.165, 1.54) is 0 Å². The van der Waals surface area contributed by atoms with E-state index in [4.69, 9.17) is 0 Å². The normalized spacial score (nSPS) is 11.9. The Kier molecular flexibility index (Phi) is 5.95. The Morgan fingerprint density at radius 3 is 2.67 bits per heavy atom. The number of hydrogen-bond donors (Lipinski definition) is 1. The molecule has 1 heterocycles. The van der Waals surface area contributed by atoms with Gasteiger partial charge in [-0.1, -0.05) is 49.7 Å². The Bertz CT molecular complexity index is 540. The van der Waals surface area contributed by atoms with Crippen molar-refractivity contribution < 1.29 is 4.79 Å². The average molecular weight is 282 g/mol. The van der Waals surface area contributed by atoms with Crippen molar-refractivity contribution >= 4 is 5.91 Å². The third-order valence-electron chi connectivity index (χ3n) is 3.51. The predicted octanol–water partition coefficient (Wildman–Crippen LogP) is 3.32. The first-order chi connectivity index (χ1) is 10.3. The number of nitrogens with one attached hydrogen (secondary N) is 1. The number of carbonyl (C=O) groups is 1. The van der Waals surface area contributed by atoms with Gasteiger partial charge in [-0.25, -0.2) is 0 Å². The SMILES string of the molecule is CCCCNC(=O)C(Cc1cccnc1)c1ccccc1. The maximum absolute atomic E-state index is 12.5. The minimum atomic E-state index is -0.160. The summed E-state index contributed by atoms with van der Waals surface area (Å²) in [6.07, 6.45) is 6.35. The number of aromatic nitrogens is 1. The van der Waals surface area contributed by atoms with Gasteiger partial charge < -0.3 is 5.32 Å². The molecular formula is C18H22N2O. The molecule has 110 valence electrons. The van der Waals surface area contributed by atoms with Crippen LogP contribution in [0.3, 0.4) is 0 Å². The number of pyridine rings is 1. The van der Waals surface area contributed by atoms with E-state index in [-0.39, 0.29) is 11.8 Å². The van der Waals surface area contributed by atoms with Gasteiger partial charge in [-0.15, -0.1) is 0 Å². The van der Waals surface area contributed by atoms with Crippen LogP contribution in [0.25, 0.3) is 0 Å². The molecule has 0 aliphatic rings. The lowest BCUT2D eigenvalue weighted by atomic mass is 9.91. The van der Waals surface area contributed by atoms with E-state index >= 15 is 0 Å². The predicted molar refractivity (Wildman–Crippen MR) is 85.0 cm³/mol. The minimum absolute atomic E-state index is 0.0958. The molecule has 0 saturated heterocycles. The van der Waals surface area contributed by atoms with Crippen molar-refractivity contribution in [3.8, 4) is 0 Å². The third-order valence-corrected chi connectivity index (χ3v) is 3.51. The fraction of sp³-hybridized carbons (Fsp3) is 0.333. The largest absolute Gasteiger partial charge is 0.356 e. The van der Waals surface area contributed by atoms with Crippen LogP contribution in [0.5, 0.6) is 0 Å². The van der Waals surface area contributed by atoms with Crippen molar-refractivity contribution in [3.05, 3.63) is 66.0 Å². The smallest absolute Gasteiger partial charge is 0.227 e. The van der Waals surface area contributed by atoms with Gasteiger partial charge in [-0.2, -0.15) is 0 Å². The van der Waals surface area contributed by atoms with Gasteiger partial charge in [-0.05, 0) is 30.0 Å². The first-order valence-corrected chi connectivity index (χ1v) is 7.53. The third kappa shape index (κ3) is 4.71. The summed E-state index contributed by atoms with van der Waals surface area (Å²) < 4.78 is 0. The van der Waals surface area contributed by atoms with Gasteiger partial charge in [0.15, 0.2) is 0 Å². The molecule has 0 bridgehead atoms. The molecule has 2 rings (SSSR count). The maximum atomic E-state index is 12.5. The Balaban J connectivity index is 2.12. The summed E-state index contributed by atoms with van der Waals surface area (Å²) in [5, 5.41) is 3.04. The number of benzene rings is 1. The van der Waals surface area contributed by atoms with Crippen molar-refractivity contribution in [3.63, 3.8) is 0 Å². The van der Waals surface area contributed by atoms with Crippen LogP contribution >= 0.6 is 0 Å². The van der Waals surface area contributed by atoms with Gasteiger partial charge >= 0.3 is 0 Å². The van der Waals surface area contributed by atoms with Crippen LogP contribution in [0, 0.1) is 0 Å². The van der Waals surface area contributed by atoms with Crippen molar-refractivity contribution in [2.24, 2.45) is 0 Å². The van der Waals surface area contributed by atoms with Gasteiger partial charge in [0.25, 0.3) is 0 Å². The summed E-state index contributed by atoms with van der Waals surface area (Å²) in [7, 11) is 0. The molecule has 2 aromatic rings. The summed E-state index contributed by atoms with van der Waals surface area (Å²) in [6.45, 7) is 2.86. The first-order valence-electron chi connectivity index (χ1n) is 7.53. The highest BCUT2D eigenvalue weighted by Crippen LogP contribution is 2.20. The van der Waals surface area contributed by atoms with Gasteiger partial charge in [0.05, 0.1) is 5.92 Å². The van der Waals surface area contributed by atoms with Gasteiger partial charge in [0, 0.05) is 18.9 Å². The molecule has 3 nitrogen and oxygen atoms in total. The Hall–Kier alpha value is -2.16. The molecule has 1 aromatic carbocycles. The number of hydrogen-bond acceptors (Lipinski definition) is 2. The van der Waals surface area contributed by atoms with Crippen molar-refractivity contribution in [2.45, 2.75) is 32.1 Å². The fourth-order valence-electron chi connectivity index (χ4n) is 2.31. The van der Waals surface area contributed by atoms with E-state index in [1.807, 2.05) is 48.7 Å². The van der Waals surface area contributed by atoms with Gasteiger partial charge in [0.1, 0.15) is 0 Å². The highest BCUT2D eigenvalue weighted by atomic mass is 16.1. The quantitative estimate of drug-likeness (QED) is 0.792. The minimum Gasteiger partial charge on any atom is -0.356 e. The molecule has 1 N–H and O–H groups in total. The zero-order valence-corrected chi connectivity index (χ0v) is 12.5. The zero-order valence-electron chi connectivity index (χ0n) is 12.5. The summed E-state index contributed by atoms with van der Waals surface area (Å²) in [5.41, 5.74) is 2.13. The highest BCUT2D eigenvalue weighted by molar-refractivity contribution is 5.83. The molecule has 0 saturated carbocycles. The van der Waals surface area contributed by atoms with Crippen LogP contribution in [-0.4, -0.2) is 17.4 Å². The van der Waals surface area contributed by atoms with E-state index in [1.54, 1.807) is 6.20 Å². The van der Waals surface area contributed by atoms with Crippen LogP contribution in [-0.2, 0) is 11.2 Å². The second-order valence-electron chi connectivity index (χ2n) is 5.17. The van der Waals surface area contributed by atoms with E-state index < -0.39 is 0 Å². The molecule has 1 amide bonds. The lowest BCUT2D eigenvalue weighted by Crippen LogP contribution is -2.31. The molecule has 1 aromatic heterocycles. The number of carbonyl (C=O) groups excluding carboxylic acids is 1. The van der Waals surface area contributed by atoms with Crippen LogP contribution in [0.15, 0.2) is 54.9 Å². The van der Waals surface area contributed by atoms with Crippen LogP contribution in [0.4, 0.5) is 0 Å². The molecule has 3 heteroatoms. The van der Waals surface area contributed by atoms with Crippen LogP contribution in [0.2, 0.25) is 0 Å². The highest BCUT2D eigenvalue weighted by Gasteiger charge is 2.20. The molecule has 0 aliphatic heterocycles. The monoisotopic (exact) mass is 282 g/mol. The first kappa shape index (κ1) is 15.2. The standard InChI is InChI=1S/C18H22N2O/c1-2-3-12-20-18(21)17(16-9-5-4-6-10-16)13-15-8-7-11-19-14-15/h4-11,14,17H,2-3,12-13H2,1H3,(H,20,21). The lowest BCUT2D eigenvalue weighted by Gasteiger charge is -2.17. The molecule has 1 unspecified atom stereocenters. The zero-order chi connectivity index (χ0) is 14.9. The summed E-state index contributed by atoms with van der Waals surface area (Å²) in [4.78, 5) is 16.6. The Morgan fingerprint density at radius 2 is 2.00 bits per heavy atom. The van der Waals surface area contributed by atoms with Gasteiger partial charge in [-0.3, -0.25) is 9.78 Å². The van der Waals surface area contributed by atoms with Crippen LogP contribution < -0.4 is 5.32 Å². The second kappa shape index (κ2) is 8.20. The summed E-state index contributed by atoms with van der Waals surface area (Å²) in [6, 6.07) is 13.9. The van der Waals surface area contributed by atoms with Crippen LogP contribution in [0.1, 0.15) is 36.8 Å². The van der Waals surface area contributed by atoms with Gasteiger partial charge in [0.2, 0.25) is 5.91 Å². The van der Waals surface area contributed by atoms with E-state index in [0.29, 0.717) is 6.42 Å². The van der Waals surface area contributed by atoms with E-state index in [2.05, 4.69) is 17.2 Å². The van der Waals surface area contributed by atoms with E-state index in [9.17, 15) is 4.79 Å². The van der Waals surface area contributed by atoms with Crippen molar-refractivity contribution in [1.29, 1.82) is 0 Å². The maximum Gasteiger partial charge on any atom is 0.227 e. The number of nitrogens with zero attached hydrogens (tertiary/aromatic N) is 1. The average Bonchev–Trinajstić information content (AvgIpc) is 2.54. The number of unbranched alkanes of at least 4 members (excludes halogenated alkanes) is 1. The number of rotatable bonds is 7. The van der Waals surface area contributed by atoms with E-state index in [0.717, 1.165) is 30.5 Å². The fourth-order valence-corrected chi connectivity index (χ4v) is 2.31. The Morgan fingerprint density at radius 1 is 1.19 bits per heavy atom. The molecule has 1 atom stereocenters. The second-order valence-corrected chi connectivity index (χ2v) is 5.17. The lowest BCUT2D eigenvalue weighted by molar-refractivity contribution is -0.122. The molecular weight excluding hydrogens is 260 g/mol. The Labute approximate surface area is 126 Å². The molecule has 0 aliphatic carbocycles. The summed E-state index contributed by atoms with van der Waals surface area (Å²) >= 11 is 0. The molecule has 21 heavy (non-hydrogen) atoms. The summed E-state index contributed by atoms with van der Waals surface area (Å²) in [5.74, 6) is -0.0641. The molecule has 0 fully saturated rings. The topological polar surface area (TPSA) is 42.0 Å². The molecule has 0 spiro atoms. The van der Waals surface area contributed by atoms with Crippen molar-refractivity contribution in [2.75, 3.05) is 6.54 Å².